The molecule has 0 aliphatic carbocycles. The van der Waals surface area contributed by atoms with Gasteiger partial charge in [-0.3, -0.25) is 4.79 Å². The van der Waals surface area contributed by atoms with Crippen molar-refractivity contribution < 1.29 is 9.21 Å². The Bertz CT molecular complexity index is 920. The molecule has 3 aromatic rings. The predicted molar refractivity (Wildman–Crippen MR) is 105 cm³/mol. The molecular weight excluding hydrogens is 364 g/mol. The highest BCUT2D eigenvalue weighted by Gasteiger charge is 2.19. The van der Waals surface area contributed by atoms with Gasteiger partial charge in [0.25, 0.3) is 0 Å². The molecule has 0 aliphatic heterocycles. The van der Waals surface area contributed by atoms with E-state index in [4.69, 9.17) is 10.2 Å². The number of nitrogens with one attached hydrogen (secondary N) is 2. The van der Waals surface area contributed by atoms with Crippen molar-refractivity contribution in [3.05, 3.63) is 47.1 Å². The van der Waals surface area contributed by atoms with Crippen LogP contribution < -0.4 is 11.1 Å². The number of aromatic amines is 1. The lowest BCUT2D eigenvalue weighted by molar-refractivity contribution is -0.118. The molecule has 0 fully saturated rings. The van der Waals surface area contributed by atoms with Crippen molar-refractivity contribution in [1.29, 1.82) is 0 Å². The summed E-state index contributed by atoms with van der Waals surface area (Å²) < 4.78 is 5.73. The van der Waals surface area contributed by atoms with E-state index in [0.717, 1.165) is 16.3 Å². The van der Waals surface area contributed by atoms with Crippen LogP contribution in [-0.4, -0.2) is 31.9 Å². The third-order valence-electron chi connectivity index (χ3n) is 3.80. The molecular formula is C18H22N6O2S. The highest BCUT2D eigenvalue weighted by Crippen LogP contribution is 2.25. The molecule has 0 saturated carbocycles. The molecule has 1 atom stereocenters. The summed E-state index contributed by atoms with van der Waals surface area (Å²) in [5.74, 6) is 0.917. The van der Waals surface area contributed by atoms with Crippen LogP contribution in [-0.2, 0) is 16.6 Å². The van der Waals surface area contributed by atoms with Crippen LogP contribution in [0.4, 0.5) is 5.13 Å². The third-order valence-corrected chi connectivity index (χ3v) is 4.69. The number of amides is 1. The van der Waals surface area contributed by atoms with Gasteiger partial charge in [0, 0.05) is 40.9 Å². The Morgan fingerprint density at radius 2 is 2.15 bits per heavy atom. The first-order chi connectivity index (χ1) is 12.8. The molecule has 9 heteroatoms. The second-order valence-electron chi connectivity index (χ2n) is 7.09. The average Bonchev–Trinajstić information content (AvgIpc) is 3.33. The smallest absolute Gasteiger partial charge is 0.240 e. The van der Waals surface area contributed by atoms with Gasteiger partial charge in [0.1, 0.15) is 11.8 Å². The predicted octanol–water partition coefficient (Wildman–Crippen LogP) is 2.83. The lowest BCUT2D eigenvalue weighted by Gasteiger charge is -2.13. The number of oxazole rings is 1. The topological polar surface area (TPSA) is 123 Å². The quantitative estimate of drug-likeness (QED) is 0.574. The molecule has 3 aromatic heterocycles. The molecule has 4 N–H and O–H groups in total. The maximum atomic E-state index is 11.7. The van der Waals surface area contributed by atoms with Gasteiger partial charge in [0.15, 0.2) is 5.13 Å². The van der Waals surface area contributed by atoms with E-state index in [9.17, 15) is 4.79 Å². The zero-order valence-electron chi connectivity index (χ0n) is 15.4. The molecule has 8 nitrogen and oxygen atoms in total. The fraction of sp³-hybridized carbons (Fsp3) is 0.333. The van der Waals surface area contributed by atoms with E-state index in [1.54, 1.807) is 31.0 Å². The lowest BCUT2D eigenvalue weighted by Crippen LogP contribution is -2.37. The molecule has 3 rings (SSSR count). The molecule has 0 spiro atoms. The first kappa shape index (κ1) is 18.8. The molecule has 0 aromatic carbocycles. The number of primary amides is 1. The first-order valence-electron chi connectivity index (χ1n) is 8.44. The van der Waals surface area contributed by atoms with E-state index in [0.29, 0.717) is 17.4 Å². The highest BCUT2D eigenvalue weighted by atomic mass is 32.1. The summed E-state index contributed by atoms with van der Waals surface area (Å²) in [5, 5.41) is 3.68. The van der Waals surface area contributed by atoms with Gasteiger partial charge in [-0.05, 0) is 6.08 Å². The number of hydrogen-bond donors (Lipinski definition) is 3. The van der Waals surface area contributed by atoms with E-state index in [1.807, 2.05) is 6.08 Å². The molecule has 0 saturated heterocycles. The van der Waals surface area contributed by atoms with E-state index in [-0.39, 0.29) is 5.41 Å². The molecule has 0 radical (unpaired) electrons. The molecule has 142 valence electrons. The number of rotatable bonds is 7. The zero-order chi connectivity index (χ0) is 19.4. The Morgan fingerprint density at radius 1 is 1.33 bits per heavy atom. The Balaban J connectivity index is 1.65. The van der Waals surface area contributed by atoms with Crippen LogP contribution in [0.5, 0.6) is 0 Å². The summed E-state index contributed by atoms with van der Waals surface area (Å²) in [6.07, 6.45) is 10.8. The van der Waals surface area contributed by atoms with Crippen LogP contribution in [0.1, 0.15) is 43.0 Å². The minimum Gasteiger partial charge on any atom is -0.441 e. The van der Waals surface area contributed by atoms with Gasteiger partial charge in [0.05, 0.1) is 12.5 Å². The second kappa shape index (κ2) is 7.75. The van der Waals surface area contributed by atoms with E-state index in [1.165, 1.54) is 11.3 Å². The number of hydrogen-bond acceptors (Lipinski definition) is 7. The van der Waals surface area contributed by atoms with Crippen LogP contribution in [0.15, 0.2) is 29.3 Å². The van der Waals surface area contributed by atoms with Gasteiger partial charge in [0.2, 0.25) is 11.8 Å². The van der Waals surface area contributed by atoms with Crippen molar-refractivity contribution in [2.24, 2.45) is 5.73 Å². The molecule has 0 bridgehead atoms. The van der Waals surface area contributed by atoms with Crippen LogP contribution in [0.2, 0.25) is 0 Å². The summed E-state index contributed by atoms with van der Waals surface area (Å²) in [5.41, 5.74) is 6.22. The van der Waals surface area contributed by atoms with Gasteiger partial charge in [-0.2, -0.15) is 0 Å². The Labute approximate surface area is 160 Å². The molecule has 27 heavy (non-hydrogen) atoms. The van der Waals surface area contributed by atoms with E-state index < -0.39 is 11.9 Å². The third kappa shape index (κ3) is 5.04. The van der Waals surface area contributed by atoms with Gasteiger partial charge in [-0.25, -0.2) is 15.0 Å². The van der Waals surface area contributed by atoms with Crippen molar-refractivity contribution in [2.75, 3.05) is 5.32 Å². The normalized spacial score (nSPS) is 13.1. The second-order valence-corrected chi connectivity index (χ2v) is 8.16. The largest absolute Gasteiger partial charge is 0.441 e. The monoisotopic (exact) mass is 386 g/mol. The number of carbonyl (C=O) groups is 1. The zero-order valence-corrected chi connectivity index (χ0v) is 16.2. The lowest BCUT2D eigenvalue weighted by atomic mass is 9.94. The number of carbonyl (C=O) groups excluding carboxylic acids is 1. The number of nitrogens with zero attached hydrogens (tertiary/aromatic N) is 3. The summed E-state index contributed by atoms with van der Waals surface area (Å²) in [4.78, 5) is 28.1. The molecule has 3 heterocycles. The van der Waals surface area contributed by atoms with Gasteiger partial charge in [-0.1, -0.05) is 32.1 Å². The standard InChI is InChI=1S/C18H22N6O2S/c1-18(2,3)14-9-21-15(26-14)5-4-12-8-22-17(27-12)24-13(16(19)25)6-11-7-20-10-23-11/h4-5,7-10,13H,6H2,1-3H3,(H2,19,25)(H,20,23)(H,22,24)/b5-4+/t13-/m0/s1. The summed E-state index contributed by atoms with van der Waals surface area (Å²) in [6, 6.07) is -0.575. The first-order valence-corrected chi connectivity index (χ1v) is 9.26. The number of imidazole rings is 1. The Kier molecular flexibility index (Phi) is 5.41. The molecule has 1 amide bonds. The molecule has 0 aliphatic rings. The Hall–Kier alpha value is -2.94. The maximum Gasteiger partial charge on any atom is 0.240 e. The fourth-order valence-corrected chi connectivity index (χ4v) is 3.05. The van der Waals surface area contributed by atoms with Crippen molar-refractivity contribution in [1.82, 2.24) is 19.9 Å². The SMILES string of the molecule is CC(C)(C)c1cnc(/C=C/c2cnc(N[C@@H](Cc3cnc[nH]3)C(N)=O)s2)o1. The molecule has 0 unspecified atom stereocenters. The van der Waals surface area contributed by atoms with Gasteiger partial charge in [-0.15, -0.1) is 0 Å². The minimum absolute atomic E-state index is 0.0842. The fourth-order valence-electron chi connectivity index (χ4n) is 2.28. The highest BCUT2D eigenvalue weighted by molar-refractivity contribution is 7.16. The van der Waals surface area contributed by atoms with Gasteiger partial charge < -0.3 is 20.5 Å². The number of aromatic nitrogens is 4. The summed E-state index contributed by atoms with van der Waals surface area (Å²) in [7, 11) is 0. The summed E-state index contributed by atoms with van der Waals surface area (Å²) >= 11 is 1.41. The van der Waals surface area contributed by atoms with E-state index in [2.05, 4.69) is 46.0 Å². The number of H-pyrrole nitrogens is 1. The average molecular weight is 386 g/mol. The number of anilines is 1. The van der Waals surface area contributed by atoms with Crippen molar-refractivity contribution >= 4 is 34.5 Å². The minimum atomic E-state index is -0.575. The van der Waals surface area contributed by atoms with Crippen LogP contribution >= 0.6 is 11.3 Å². The number of thiazole rings is 1. The Morgan fingerprint density at radius 3 is 2.78 bits per heavy atom. The van der Waals surface area contributed by atoms with Crippen LogP contribution in [0.3, 0.4) is 0 Å². The van der Waals surface area contributed by atoms with Crippen molar-refractivity contribution in [2.45, 2.75) is 38.6 Å². The maximum absolute atomic E-state index is 11.7. The number of nitrogens with two attached hydrogens (primary N) is 1. The van der Waals surface area contributed by atoms with Crippen molar-refractivity contribution in [3.63, 3.8) is 0 Å². The van der Waals surface area contributed by atoms with Crippen LogP contribution in [0.25, 0.3) is 12.2 Å². The summed E-state index contributed by atoms with van der Waals surface area (Å²) in [6.45, 7) is 6.21. The van der Waals surface area contributed by atoms with E-state index >= 15 is 0 Å². The van der Waals surface area contributed by atoms with Crippen LogP contribution in [0, 0.1) is 0 Å². The van der Waals surface area contributed by atoms with Crippen molar-refractivity contribution in [3.8, 4) is 0 Å². The van der Waals surface area contributed by atoms with Gasteiger partial charge >= 0.3 is 0 Å².